The Kier molecular flexibility index (Phi) is 4.37. The van der Waals surface area contributed by atoms with Crippen molar-refractivity contribution in [2.75, 3.05) is 12.8 Å². The monoisotopic (exact) mass is 292 g/mol. The molecule has 0 saturated carbocycles. The van der Waals surface area contributed by atoms with Crippen LogP contribution in [0.4, 0.5) is 5.82 Å². The SMILES string of the molecule is COc1cc(CNC(=O)c2nc(N)ccc2Cl)ccn1. The molecule has 0 saturated heterocycles. The second kappa shape index (κ2) is 6.21. The Morgan fingerprint density at radius 3 is 3.00 bits per heavy atom. The average Bonchev–Trinajstić information content (AvgIpc) is 2.47. The summed E-state index contributed by atoms with van der Waals surface area (Å²) in [5.74, 6) is 0.333. The smallest absolute Gasteiger partial charge is 0.271 e. The summed E-state index contributed by atoms with van der Waals surface area (Å²) in [4.78, 5) is 19.9. The number of nitrogen functional groups attached to an aromatic ring is 1. The molecule has 20 heavy (non-hydrogen) atoms. The van der Waals surface area contributed by atoms with Gasteiger partial charge in [0.25, 0.3) is 5.91 Å². The van der Waals surface area contributed by atoms with Gasteiger partial charge in [-0.3, -0.25) is 4.79 Å². The number of hydrogen-bond donors (Lipinski definition) is 2. The third kappa shape index (κ3) is 3.36. The molecule has 7 heteroatoms. The molecule has 0 aliphatic heterocycles. The van der Waals surface area contributed by atoms with Crippen molar-refractivity contribution < 1.29 is 9.53 Å². The summed E-state index contributed by atoms with van der Waals surface area (Å²) in [6, 6.07) is 6.58. The first kappa shape index (κ1) is 14.1. The van der Waals surface area contributed by atoms with Crippen LogP contribution in [0.5, 0.6) is 5.88 Å². The van der Waals surface area contributed by atoms with Gasteiger partial charge in [0.2, 0.25) is 5.88 Å². The maximum Gasteiger partial charge on any atom is 0.271 e. The fraction of sp³-hybridized carbons (Fsp3) is 0.154. The van der Waals surface area contributed by atoms with Crippen LogP contribution in [0.3, 0.4) is 0 Å². The predicted octanol–water partition coefficient (Wildman–Crippen LogP) is 1.65. The first-order valence-corrected chi connectivity index (χ1v) is 6.17. The molecule has 104 valence electrons. The standard InChI is InChI=1S/C13H13ClN4O2/c1-20-11-6-8(4-5-16-11)7-17-13(19)12-9(14)2-3-10(15)18-12/h2-6H,7H2,1H3,(H2,15,18)(H,17,19). The summed E-state index contributed by atoms with van der Waals surface area (Å²) in [5, 5.41) is 2.96. The number of carbonyl (C=O) groups excluding carboxylic acids is 1. The van der Waals surface area contributed by atoms with Gasteiger partial charge in [0.1, 0.15) is 11.5 Å². The van der Waals surface area contributed by atoms with Gasteiger partial charge in [0, 0.05) is 18.8 Å². The van der Waals surface area contributed by atoms with Gasteiger partial charge in [-0.2, -0.15) is 0 Å². The number of hydrogen-bond acceptors (Lipinski definition) is 5. The second-order valence-electron chi connectivity index (χ2n) is 3.96. The van der Waals surface area contributed by atoms with Crippen molar-refractivity contribution in [2.24, 2.45) is 0 Å². The highest BCUT2D eigenvalue weighted by molar-refractivity contribution is 6.33. The van der Waals surface area contributed by atoms with E-state index in [2.05, 4.69) is 15.3 Å². The van der Waals surface area contributed by atoms with Crippen LogP contribution < -0.4 is 15.8 Å². The maximum atomic E-state index is 12.0. The van der Waals surface area contributed by atoms with Crippen LogP contribution in [0.2, 0.25) is 5.02 Å². The van der Waals surface area contributed by atoms with Crippen LogP contribution >= 0.6 is 11.6 Å². The quantitative estimate of drug-likeness (QED) is 0.894. The predicted molar refractivity (Wildman–Crippen MR) is 75.6 cm³/mol. The van der Waals surface area contributed by atoms with E-state index in [0.29, 0.717) is 12.4 Å². The molecule has 2 aromatic rings. The van der Waals surface area contributed by atoms with Crippen molar-refractivity contribution in [3.8, 4) is 5.88 Å². The van der Waals surface area contributed by atoms with E-state index >= 15 is 0 Å². The van der Waals surface area contributed by atoms with Crippen LogP contribution in [0.1, 0.15) is 16.1 Å². The van der Waals surface area contributed by atoms with E-state index in [1.807, 2.05) is 0 Å². The van der Waals surface area contributed by atoms with E-state index in [1.54, 1.807) is 18.3 Å². The topological polar surface area (TPSA) is 90.1 Å². The van der Waals surface area contributed by atoms with Crippen molar-refractivity contribution >= 4 is 23.3 Å². The van der Waals surface area contributed by atoms with E-state index in [1.165, 1.54) is 19.2 Å². The van der Waals surface area contributed by atoms with Gasteiger partial charge in [-0.25, -0.2) is 9.97 Å². The average molecular weight is 293 g/mol. The number of nitrogens with two attached hydrogens (primary N) is 1. The summed E-state index contributed by atoms with van der Waals surface area (Å²) in [6.45, 7) is 0.310. The lowest BCUT2D eigenvalue weighted by Gasteiger charge is -2.07. The van der Waals surface area contributed by atoms with Gasteiger partial charge in [-0.15, -0.1) is 0 Å². The minimum absolute atomic E-state index is 0.104. The minimum atomic E-state index is -0.391. The number of anilines is 1. The third-order valence-corrected chi connectivity index (χ3v) is 2.85. The fourth-order valence-corrected chi connectivity index (χ4v) is 1.75. The number of rotatable bonds is 4. The number of halogens is 1. The first-order valence-electron chi connectivity index (χ1n) is 5.79. The third-order valence-electron chi connectivity index (χ3n) is 2.54. The number of carbonyl (C=O) groups is 1. The molecule has 1 amide bonds. The molecular weight excluding hydrogens is 280 g/mol. The number of nitrogens with one attached hydrogen (secondary N) is 1. The zero-order valence-electron chi connectivity index (χ0n) is 10.8. The van der Waals surface area contributed by atoms with Crippen molar-refractivity contribution in [1.82, 2.24) is 15.3 Å². The molecule has 0 fully saturated rings. The Morgan fingerprint density at radius 2 is 2.25 bits per heavy atom. The zero-order valence-corrected chi connectivity index (χ0v) is 11.5. The van der Waals surface area contributed by atoms with E-state index < -0.39 is 5.91 Å². The summed E-state index contributed by atoms with van der Waals surface area (Å²) >= 11 is 5.91. The van der Waals surface area contributed by atoms with Crippen LogP contribution in [-0.4, -0.2) is 23.0 Å². The molecule has 2 heterocycles. The van der Waals surface area contributed by atoms with E-state index in [0.717, 1.165) is 5.56 Å². The number of pyridine rings is 2. The molecule has 0 unspecified atom stereocenters. The molecule has 0 aliphatic rings. The molecule has 0 aliphatic carbocycles. The number of ether oxygens (including phenoxy) is 1. The van der Waals surface area contributed by atoms with E-state index in [-0.39, 0.29) is 16.5 Å². The second-order valence-corrected chi connectivity index (χ2v) is 4.36. The highest BCUT2D eigenvalue weighted by atomic mass is 35.5. The Bertz CT molecular complexity index is 634. The molecule has 0 aromatic carbocycles. The first-order chi connectivity index (χ1) is 9.60. The number of amides is 1. The molecule has 2 rings (SSSR count). The number of methoxy groups -OCH3 is 1. The molecule has 2 aromatic heterocycles. The molecule has 3 N–H and O–H groups in total. The molecule has 0 bridgehead atoms. The minimum Gasteiger partial charge on any atom is -0.481 e. The summed E-state index contributed by atoms with van der Waals surface area (Å²) in [5.41, 5.74) is 6.49. The van der Waals surface area contributed by atoms with Crippen molar-refractivity contribution in [3.63, 3.8) is 0 Å². The van der Waals surface area contributed by atoms with Crippen LogP contribution in [-0.2, 0) is 6.54 Å². The number of nitrogens with zero attached hydrogens (tertiary/aromatic N) is 2. The Labute approximate surface area is 120 Å². The Balaban J connectivity index is 2.06. The summed E-state index contributed by atoms with van der Waals surface area (Å²) < 4.78 is 5.01. The van der Waals surface area contributed by atoms with E-state index in [4.69, 9.17) is 22.1 Å². The van der Waals surface area contributed by atoms with Crippen LogP contribution in [0.15, 0.2) is 30.5 Å². The normalized spacial score (nSPS) is 10.1. The lowest BCUT2D eigenvalue weighted by Crippen LogP contribution is -2.24. The van der Waals surface area contributed by atoms with Gasteiger partial charge >= 0.3 is 0 Å². The lowest BCUT2D eigenvalue weighted by molar-refractivity contribution is 0.0946. The number of aromatic nitrogens is 2. The summed E-state index contributed by atoms with van der Waals surface area (Å²) in [7, 11) is 1.53. The zero-order chi connectivity index (χ0) is 14.5. The van der Waals surface area contributed by atoms with Crippen molar-refractivity contribution in [1.29, 1.82) is 0 Å². The molecule has 0 radical (unpaired) electrons. The van der Waals surface area contributed by atoms with Crippen molar-refractivity contribution in [3.05, 3.63) is 46.7 Å². The molecule has 6 nitrogen and oxygen atoms in total. The van der Waals surface area contributed by atoms with Gasteiger partial charge in [0.15, 0.2) is 0 Å². The van der Waals surface area contributed by atoms with Crippen LogP contribution in [0, 0.1) is 0 Å². The maximum absolute atomic E-state index is 12.0. The summed E-state index contributed by atoms with van der Waals surface area (Å²) in [6.07, 6.45) is 1.60. The highest BCUT2D eigenvalue weighted by Crippen LogP contribution is 2.15. The van der Waals surface area contributed by atoms with Crippen LogP contribution in [0.25, 0.3) is 0 Å². The van der Waals surface area contributed by atoms with Gasteiger partial charge in [0.05, 0.1) is 12.1 Å². The molecule has 0 atom stereocenters. The largest absolute Gasteiger partial charge is 0.481 e. The molecule has 0 spiro atoms. The molecular formula is C13H13ClN4O2. The lowest BCUT2D eigenvalue weighted by atomic mass is 10.2. The van der Waals surface area contributed by atoms with Gasteiger partial charge in [-0.1, -0.05) is 11.6 Å². The fourth-order valence-electron chi connectivity index (χ4n) is 1.55. The Hall–Kier alpha value is -2.34. The highest BCUT2D eigenvalue weighted by Gasteiger charge is 2.12. The Morgan fingerprint density at radius 1 is 1.45 bits per heavy atom. The van der Waals surface area contributed by atoms with Crippen molar-refractivity contribution in [2.45, 2.75) is 6.54 Å². The van der Waals surface area contributed by atoms with Gasteiger partial charge < -0.3 is 15.8 Å². The van der Waals surface area contributed by atoms with Gasteiger partial charge in [-0.05, 0) is 23.8 Å². The van der Waals surface area contributed by atoms with E-state index in [9.17, 15) is 4.79 Å².